The maximum absolute atomic E-state index is 11.9. The Labute approximate surface area is 175 Å². The summed E-state index contributed by atoms with van der Waals surface area (Å²) < 4.78 is 5.39. The number of hydrogen-bond donors (Lipinski definition) is 2. The van der Waals surface area contributed by atoms with Crippen LogP contribution in [0.4, 0.5) is 5.69 Å². The predicted octanol–water partition coefficient (Wildman–Crippen LogP) is 2.40. The molecule has 0 aromatic heterocycles. The van der Waals surface area contributed by atoms with Gasteiger partial charge in [-0.3, -0.25) is 4.79 Å². The molecule has 1 aromatic carbocycles. The highest BCUT2D eigenvalue weighted by Crippen LogP contribution is 2.23. The molecular weight excluding hydrogens is 366 g/mol. The van der Waals surface area contributed by atoms with Crippen molar-refractivity contribution in [2.45, 2.75) is 39.2 Å². The molecule has 0 saturated carbocycles. The molecule has 1 fully saturated rings. The van der Waals surface area contributed by atoms with E-state index in [2.05, 4.69) is 51.7 Å². The summed E-state index contributed by atoms with van der Waals surface area (Å²) in [4.78, 5) is 20.4. The first kappa shape index (κ1) is 23.0. The molecule has 2 N–H and O–H groups in total. The second kappa shape index (κ2) is 12.3. The average Bonchev–Trinajstić information content (AvgIpc) is 3.26. The number of guanidine groups is 1. The number of benzene rings is 1. The van der Waals surface area contributed by atoms with Gasteiger partial charge in [0.2, 0.25) is 5.91 Å². The van der Waals surface area contributed by atoms with Crippen LogP contribution in [0.3, 0.4) is 0 Å². The van der Waals surface area contributed by atoms with Crippen molar-refractivity contribution in [3.8, 4) is 0 Å². The van der Waals surface area contributed by atoms with Crippen LogP contribution in [0.25, 0.3) is 0 Å². The quantitative estimate of drug-likeness (QED) is 0.357. The van der Waals surface area contributed by atoms with E-state index in [1.807, 2.05) is 6.92 Å². The summed E-state index contributed by atoms with van der Waals surface area (Å²) in [5.41, 5.74) is 2.48. The summed E-state index contributed by atoms with van der Waals surface area (Å²) in [6.07, 6.45) is 3.41. The van der Waals surface area contributed by atoms with Gasteiger partial charge in [-0.1, -0.05) is 12.1 Å². The third kappa shape index (κ3) is 7.93. The van der Waals surface area contributed by atoms with Gasteiger partial charge in [0, 0.05) is 52.6 Å². The Balaban J connectivity index is 2.00. The van der Waals surface area contributed by atoms with Crippen LogP contribution in [-0.4, -0.2) is 70.3 Å². The minimum atomic E-state index is -0.0240. The number of aliphatic imine (C=N–C) groups is 1. The van der Waals surface area contributed by atoms with Crippen LogP contribution < -0.4 is 15.5 Å². The first-order valence-electron chi connectivity index (χ1n) is 10.7. The second-order valence-corrected chi connectivity index (χ2v) is 7.59. The molecule has 1 saturated heterocycles. The lowest BCUT2D eigenvalue weighted by Crippen LogP contribution is -2.40. The molecule has 0 aliphatic carbocycles. The molecule has 0 spiro atoms. The molecular formula is C22H37N5O2. The van der Waals surface area contributed by atoms with E-state index in [9.17, 15) is 4.79 Å². The molecule has 162 valence electrons. The maximum Gasteiger partial charge on any atom is 0.243 e. The predicted molar refractivity (Wildman–Crippen MR) is 120 cm³/mol. The Morgan fingerprint density at radius 2 is 2.07 bits per heavy atom. The monoisotopic (exact) mass is 403 g/mol. The van der Waals surface area contributed by atoms with Gasteiger partial charge in [-0.2, -0.15) is 0 Å². The molecule has 1 aromatic rings. The summed E-state index contributed by atoms with van der Waals surface area (Å²) in [7, 11) is 3.49. The zero-order valence-corrected chi connectivity index (χ0v) is 18.4. The molecule has 7 nitrogen and oxygen atoms in total. The van der Waals surface area contributed by atoms with Crippen molar-refractivity contribution in [1.29, 1.82) is 0 Å². The van der Waals surface area contributed by atoms with E-state index in [0.717, 1.165) is 32.7 Å². The summed E-state index contributed by atoms with van der Waals surface area (Å²) in [5, 5.41) is 6.77. The first-order valence-corrected chi connectivity index (χ1v) is 10.7. The fraction of sp³-hybridized carbons (Fsp3) is 0.636. The van der Waals surface area contributed by atoms with Gasteiger partial charge in [-0.15, -0.1) is 0 Å². The lowest BCUT2D eigenvalue weighted by Gasteiger charge is -2.22. The largest absolute Gasteiger partial charge is 0.382 e. The average molecular weight is 404 g/mol. The van der Waals surface area contributed by atoms with Crippen LogP contribution in [0, 0.1) is 0 Å². The highest BCUT2D eigenvalue weighted by Gasteiger charge is 2.15. The van der Waals surface area contributed by atoms with E-state index in [1.165, 1.54) is 24.1 Å². The van der Waals surface area contributed by atoms with Gasteiger partial charge in [0.05, 0.1) is 6.04 Å². The van der Waals surface area contributed by atoms with Crippen molar-refractivity contribution >= 4 is 17.6 Å². The number of hydrogen-bond acceptors (Lipinski definition) is 4. The number of carbonyl (C=O) groups excluding carboxylic acids is 1. The lowest BCUT2D eigenvalue weighted by atomic mass is 10.1. The number of rotatable bonds is 10. The summed E-state index contributed by atoms with van der Waals surface area (Å²) in [5.74, 6) is 0.625. The highest BCUT2D eigenvalue weighted by atomic mass is 16.5. The normalized spacial score (nSPS) is 15.3. The van der Waals surface area contributed by atoms with Gasteiger partial charge in [0.1, 0.15) is 6.54 Å². The van der Waals surface area contributed by atoms with Crippen molar-refractivity contribution in [3.05, 3.63) is 29.8 Å². The first-order chi connectivity index (χ1) is 14.0. The number of ether oxygens (including phenoxy) is 1. The minimum absolute atomic E-state index is 0.0240. The fourth-order valence-electron chi connectivity index (χ4n) is 3.22. The van der Waals surface area contributed by atoms with Crippen LogP contribution >= 0.6 is 0 Å². The Morgan fingerprint density at radius 3 is 2.76 bits per heavy atom. The molecule has 2 rings (SSSR count). The number of likely N-dealkylation sites (N-methyl/N-ethyl adjacent to an activating group) is 1. The lowest BCUT2D eigenvalue weighted by molar-refractivity contribution is -0.127. The maximum atomic E-state index is 11.9. The SMILES string of the molecule is CCOCCCNC(=NCC(=O)N(C)C)NC(C)c1cccc(N2CCCC2)c1. The number of nitrogens with zero attached hydrogens (tertiary/aromatic N) is 3. The van der Waals surface area contributed by atoms with E-state index < -0.39 is 0 Å². The van der Waals surface area contributed by atoms with Gasteiger partial charge >= 0.3 is 0 Å². The van der Waals surface area contributed by atoms with Crippen molar-refractivity contribution in [1.82, 2.24) is 15.5 Å². The zero-order valence-electron chi connectivity index (χ0n) is 18.4. The molecule has 0 radical (unpaired) electrons. The van der Waals surface area contributed by atoms with Crippen molar-refractivity contribution in [3.63, 3.8) is 0 Å². The van der Waals surface area contributed by atoms with Gasteiger partial charge < -0.3 is 25.2 Å². The summed E-state index contributed by atoms with van der Waals surface area (Å²) in [6, 6.07) is 8.75. The van der Waals surface area contributed by atoms with Crippen molar-refractivity contribution < 1.29 is 9.53 Å². The van der Waals surface area contributed by atoms with Gasteiger partial charge in [-0.25, -0.2) is 4.99 Å². The Kier molecular flexibility index (Phi) is 9.77. The van der Waals surface area contributed by atoms with Crippen LogP contribution in [0.1, 0.15) is 44.7 Å². The second-order valence-electron chi connectivity index (χ2n) is 7.59. The van der Waals surface area contributed by atoms with Crippen LogP contribution in [0.2, 0.25) is 0 Å². The van der Waals surface area contributed by atoms with Gasteiger partial charge in [-0.05, 0) is 50.8 Å². The molecule has 1 heterocycles. The molecule has 1 atom stereocenters. The number of carbonyl (C=O) groups is 1. The zero-order chi connectivity index (χ0) is 21.1. The third-order valence-corrected chi connectivity index (χ3v) is 5.03. The molecule has 0 bridgehead atoms. The molecule has 1 aliphatic rings. The Morgan fingerprint density at radius 1 is 1.31 bits per heavy atom. The van der Waals surface area contributed by atoms with E-state index in [-0.39, 0.29) is 18.5 Å². The number of amides is 1. The van der Waals surface area contributed by atoms with Crippen LogP contribution in [0.15, 0.2) is 29.3 Å². The molecule has 7 heteroatoms. The Hall–Kier alpha value is -2.28. The number of nitrogens with one attached hydrogen (secondary N) is 2. The van der Waals surface area contributed by atoms with E-state index in [0.29, 0.717) is 12.6 Å². The standard InChI is InChI=1S/C22H37N5O2/c1-5-29-15-9-12-23-22(24-17-21(28)26(3)4)25-18(2)19-10-8-11-20(16-19)27-13-6-7-14-27/h8,10-11,16,18H,5-7,9,12-15,17H2,1-4H3,(H2,23,24,25). The summed E-state index contributed by atoms with van der Waals surface area (Å²) in [6.45, 7) is 8.66. The molecule has 1 amide bonds. The van der Waals surface area contributed by atoms with Crippen molar-refractivity contribution in [2.24, 2.45) is 4.99 Å². The Bertz CT molecular complexity index is 656. The van der Waals surface area contributed by atoms with Crippen LogP contribution in [0.5, 0.6) is 0 Å². The van der Waals surface area contributed by atoms with Gasteiger partial charge in [0.15, 0.2) is 5.96 Å². The van der Waals surface area contributed by atoms with Crippen LogP contribution in [-0.2, 0) is 9.53 Å². The third-order valence-electron chi connectivity index (χ3n) is 5.03. The topological polar surface area (TPSA) is 69.2 Å². The van der Waals surface area contributed by atoms with E-state index in [1.54, 1.807) is 19.0 Å². The minimum Gasteiger partial charge on any atom is -0.382 e. The number of anilines is 1. The smallest absolute Gasteiger partial charge is 0.243 e. The van der Waals surface area contributed by atoms with Gasteiger partial charge in [0.25, 0.3) is 0 Å². The molecule has 1 aliphatic heterocycles. The van der Waals surface area contributed by atoms with Crippen molar-refractivity contribution in [2.75, 3.05) is 58.4 Å². The fourth-order valence-corrected chi connectivity index (χ4v) is 3.22. The summed E-state index contributed by atoms with van der Waals surface area (Å²) >= 11 is 0. The molecule has 1 unspecified atom stereocenters. The van der Waals surface area contributed by atoms with E-state index >= 15 is 0 Å². The molecule has 29 heavy (non-hydrogen) atoms. The highest BCUT2D eigenvalue weighted by molar-refractivity contribution is 5.85. The van der Waals surface area contributed by atoms with E-state index in [4.69, 9.17) is 4.74 Å².